The number of aryl methyl sites for hydroxylation is 2. The molecule has 3 N–H and O–H groups in total. The molecule has 1 aromatic carbocycles. The van der Waals surface area contributed by atoms with Crippen molar-refractivity contribution < 1.29 is 14.1 Å². The molecule has 0 saturated carbocycles. The summed E-state index contributed by atoms with van der Waals surface area (Å²) in [6, 6.07) is 14.8. The molecule has 166 valence electrons. The predicted molar refractivity (Wildman–Crippen MR) is 122 cm³/mol. The number of aromatic nitrogens is 3. The molecule has 11 heteroatoms. The van der Waals surface area contributed by atoms with Crippen LogP contribution in [0.1, 0.15) is 21.9 Å². The average Bonchev–Trinajstić information content (AvgIpc) is 3.26. The molecule has 33 heavy (non-hydrogen) atoms. The third-order valence-electron chi connectivity index (χ3n) is 4.42. The van der Waals surface area contributed by atoms with Gasteiger partial charge in [-0.3, -0.25) is 14.9 Å². The SMILES string of the molecule is Cc1ccnc(Nc2cc(Nc3ccc(NC(=O)c4ccc([N+](=O)[O-])o4)cc3)nc(C)n2)c1. The molecule has 0 fully saturated rings. The van der Waals surface area contributed by atoms with Gasteiger partial charge in [0.2, 0.25) is 0 Å². The summed E-state index contributed by atoms with van der Waals surface area (Å²) in [4.78, 5) is 35.2. The number of benzene rings is 1. The number of nitro groups is 1. The van der Waals surface area contributed by atoms with Gasteiger partial charge in [-0.15, -0.1) is 0 Å². The van der Waals surface area contributed by atoms with E-state index in [4.69, 9.17) is 4.42 Å². The Hall–Kier alpha value is -4.80. The van der Waals surface area contributed by atoms with E-state index in [9.17, 15) is 14.9 Å². The van der Waals surface area contributed by atoms with Crippen LogP contribution in [-0.2, 0) is 0 Å². The predicted octanol–water partition coefficient (Wildman–Crippen LogP) is 4.73. The first-order valence-electron chi connectivity index (χ1n) is 9.84. The lowest BCUT2D eigenvalue weighted by Crippen LogP contribution is -2.10. The lowest BCUT2D eigenvalue weighted by atomic mass is 10.2. The minimum atomic E-state index is -0.704. The lowest BCUT2D eigenvalue weighted by Gasteiger charge is -2.11. The topological polar surface area (TPSA) is 148 Å². The minimum Gasteiger partial charge on any atom is -0.395 e. The van der Waals surface area contributed by atoms with Gasteiger partial charge >= 0.3 is 5.88 Å². The van der Waals surface area contributed by atoms with Gasteiger partial charge in [-0.05, 0) is 61.9 Å². The van der Waals surface area contributed by atoms with Crippen LogP contribution in [-0.4, -0.2) is 25.8 Å². The molecule has 3 aromatic heterocycles. The largest absolute Gasteiger partial charge is 0.433 e. The summed E-state index contributed by atoms with van der Waals surface area (Å²) in [5, 5.41) is 19.7. The van der Waals surface area contributed by atoms with Crippen LogP contribution in [0.2, 0.25) is 0 Å². The molecule has 0 atom stereocenters. The molecule has 4 aromatic rings. The monoisotopic (exact) mass is 445 g/mol. The van der Waals surface area contributed by atoms with E-state index in [1.165, 1.54) is 6.07 Å². The Morgan fingerprint density at radius 1 is 0.909 bits per heavy atom. The highest BCUT2D eigenvalue weighted by Crippen LogP contribution is 2.22. The molecule has 0 spiro atoms. The van der Waals surface area contributed by atoms with E-state index in [0.717, 1.165) is 17.3 Å². The fraction of sp³-hybridized carbons (Fsp3) is 0.0909. The van der Waals surface area contributed by atoms with Crippen LogP contribution in [0.15, 0.2) is 65.2 Å². The Balaban J connectivity index is 1.42. The smallest absolute Gasteiger partial charge is 0.395 e. The van der Waals surface area contributed by atoms with Crippen LogP contribution in [0.25, 0.3) is 0 Å². The number of rotatable bonds is 7. The molecule has 0 aliphatic carbocycles. The lowest BCUT2D eigenvalue weighted by molar-refractivity contribution is -0.402. The zero-order valence-electron chi connectivity index (χ0n) is 17.7. The number of hydrogen-bond donors (Lipinski definition) is 3. The fourth-order valence-corrected chi connectivity index (χ4v) is 2.96. The number of pyridine rings is 1. The number of hydrogen-bond acceptors (Lipinski definition) is 9. The van der Waals surface area contributed by atoms with E-state index < -0.39 is 16.7 Å². The highest BCUT2D eigenvalue weighted by molar-refractivity contribution is 6.02. The first kappa shape index (κ1) is 21.4. The molecule has 0 unspecified atom stereocenters. The zero-order valence-corrected chi connectivity index (χ0v) is 17.7. The first-order valence-corrected chi connectivity index (χ1v) is 9.84. The van der Waals surface area contributed by atoms with Crippen molar-refractivity contribution in [2.45, 2.75) is 13.8 Å². The summed E-state index contributed by atoms with van der Waals surface area (Å²) >= 11 is 0. The third-order valence-corrected chi connectivity index (χ3v) is 4.42. The molecule has 0 radical (unpaired) electrons. The average molecular weight is 445 g/mol. The standard InChI is InChI=1S/C22H19N7O4/c1-13-9-10-23-18(11-13)28-20-12-19(24-14(2)25-20)26-15-3-5-16(6-4-15)27-22(30)17-7-8-21(33-17)29(31)32/h3-12H,1-2H3,(H,27,30)(H2,23,24,25,26,28). The Kier molecular flexibility index (Phi) is 5.94. The maximum atomic E-state index is 12.2. The van der Waals surface area contributed by atoms with Gasteiger partial charge in [0.25, 0.3) is 5.91 Å². The second kappa shape index (κ2) is 9.14. The van der Waals surface area contributed by atoms with Crippen molar-refractivity contribution >= 4 is 40.6 Å². The number of furan rings is 1. The van der Waals surface area contributed by atoms with Gasteiger partial charge in [-0.25, -0.2) is 15.0 Å². The molecular formula is C22H19N7O4. The van der Waals surface area contributed by atoms with Crippen molar-refractivity contribution in [2.24, 2.45) is 0 Å². The highest BCUT2D eigenvalue weighted by Gasteiger charge is 2.17. The summed E-state index contributed by atoms with van der Waals surface area (Å²) < 4.78 is 4.91. The van der Waals surface area contributed by atoms with E-state index in [1.54, 1.807) is 43.5 Å². The summed E-state index contributed by atoms with van der Waals surface area (Å²) in [5.74, 6) is 1.20. The number of nitrogens with one attached hydrogen (secondary N) is 3. The van der Waals surface area contributed by atoms with Crippen molar-refractivity contribution in [3.8, 4) is 0 Å². The van der Waals surface area contributed by atoms with Crippen LogP contribution < -0.4 is 16.0 Å². The molecule has 3 heterocycles. The van der Waals surface area contributed by atoms with Crippen molar-refractivity contribution in [3.05, 3.63) is 88.1 Å². The van der Waals surface area contributed by atoms with Gasteiger partial charge in [0.15, 0.2) is 5.76 Å². The summed E-state index contributed by atoms with van der Waals surface area (Å²) in [5.41, 5.74) is 2.31. The van der Waals surface area contributed by atoms with Crippen LogP contribution in [0.4, 0.5) is 34.7 Å². The van der Waals surface area contributed by atoms with E-state index >= 15 is 0 Å². The molecular weight excluding hydrogens is 426 g/mol. The Bertz CT molecular complexity index is 1320. The van der Waals surface area contributed by atoms with Gasteiger partial charge in [0, 0.05) is 23.6 Å². The fourth-order valence-electron chi connectivity index (χ4n) is 2.96. The highest BCUT2D eigenvalue weighted by atomic mass is 16.6. The molecule has 0 bridgehead atoms. The maximum absolute atomic E-state index is 12.2. The van der Waals surface area contributed by atoms with E-state index in [-0.39, 0.29) is 5.76 Å². The van der Waals surface area contributed by atoms with Crippen LogP contribution in [0, 0.1) is 24.0 Å². The van der Waals surface area contributed by atoms with Crippen molar-refractivity contribution in [1.82, 2.24) is 15.0 Å². The number of amides is 1. The van der Waals surface area contributed by atoms with Crippen LogP contribution in [0.5, 0.6) is 0 Å². The number of anilines is 5. The van der Waals surface area contributed by atoms with E-state index in [0.29, 0.717) is 29.0 Å². The van der Waals surface area contributed by atoms with Crippen LogP contribution >= 0.6 is 0 Å². The second-order valence-electron chi connectivity index (χ2n) is 7.08. The Labute approximate surface area is 188 Å². The Morgan fingerprint density at radius 2 is 1.61 bits per heavy atom. The first-order chi connectivity index (χ1) is 15.9. The quantitative estimate of drug-likeness (QED) is 0.271. The van der Waals surface area contributed by atoms with Gasteiger partial charge in [0.1, 0.15) is 28.2 Å². The van der Waals surface area contributed by atoms with Gasteiger partial charge in [-0.1, -0.05) is 0 Å². The number of nitrogens with zero attached hydrogens (tertiary/aromatic N) is 4. The van der Waals surface area contributed by atoms with Gasteiger partial charge in [0.05, 0.1) is 6.07 Å². The minimum absolute atomic E-state index is 0.150. The zero-order chi connectivity index (χ0) is 23.4. The van der Waals surface area contributed by atoms with Crippen LogP contribution in [0.3, 0.4) is 0 Å². The second-order valence-corrected chi connectivity index (χ2v) is 7.08. The Morgan fingerprint density at radius 3 is 2.27 bits per heavy atom. The number of carbonyl (C=O) groups is 1. The molecule has 0 saturated heterocycles. The molecule has 0 aliphatic rings. The van der Waals surface area contributed by atoms with E-state index in [2.05, 4.69) is 30.9 Å². The summed E-state index contributed by atoms with van der Waals surface area (Å²) in [7, 11) is 0. The summed E-state index contributed by atoms with van der Waals surface area (Å²) in [6.07, 6.45) is 1.72. The molecule has 0 aliphatic heterocycles. The molecule has 4 rings (SSSR count). The normalized spacial score (nSPS) is 10.5. The van der Waals surface area contributed by atoms with E-state index in [1.807, 2.05) is 19.1 Å². The van der Waals surface area contributed by atoms with Gasteiger partial charge in [-0.2, -0.15) is 0 Å². The summed E-state index contributed by atoms with van der Waals surface area (Å²) in [6.45, 7) is 3.77. The van der Waals surface area contributed by atoms with Gasteiger partial charge < -0.3 is 20.4 Å². The molecule has 11 nitrogen and oxygen atoms in total. The third kappa shape index (κ3) is 5.47. The maximum Gasteiger partial charge on any atom is 0.433 e. The van der Waals surface area contributed by atoms with Crippen molar-refractivity contribution in [3.63, 3.8) is 0 Å². The van der Waals surface area contributed by atoms with Crippen molar-refractivity contribution in [1.29, 1.82) is 0 Å². The number of carbonyl (C=O) groups excluding carboxylic acids is 1. The van der Waals surface area contributed by atoms with Crippen molar-refractivity contribution in [2.75, 3.05) is 16.0 Å². The molecule has 1 amide bonds.